The molecule has 0 atom stereocenters. The van der Waals surface area contributed by atoms with Crippen LogP contribution in [-0.4, -0.2) is 14.4 Å². The van der Waals surface area contributed by atoms with Gasteiger partial charge < -0.3 is 9.72 Å². The minimum Gasteiger partial charge on any atom is -0.363 e. The average Bonchev–Trinajstić information content (AvgIpc) is 2.85. The zero-order valence-corrected chi connectivity index (χ0v) is 12.2. The summed E-state index contributed by atoms with van der Waals surface area (Å²) in [4.78, 5) is 8.68. The SMILES string of the molecule is Clc1ccc(CNc2nc(Br)cn3ccnc23)cc1. The maximum atomic E-state index is 5.86. The van der Waals surface area contributed by atoms with Crippen molar-refractivity contribution in [3.8, 4) is 0 Å². The van der Waals surface area contributed by atoms with Crippen molar-refractivity contribution < 1.29 is 0 Å². The first-order valence-electron chi connectivity index (χ1n) is 5.70. The van der Waals surface area contributed by atoms with Crippen LogP contribution in [-0.2, 0) is 6.54 Å². The maximum Gasteiger partial charge on any atom is 0.180 e. The van der Waals surface area contributed by atoms with Gasteiger partial charge in [-0.25, -0.2) is 9.97 Å². The van der Waals surface area contributed by atoms with Gasteiger partial charge in [0.05, 0.1) is 0 Å². The van der Waals surface area contributed by atoms with Gasteiger partial charge in [0, 0.05) is 30.2 Å². The Hall–Kier alpha value is -1.59. The lowest BCUT2D eigenvalue weighted by Crippen LogP contribution is -2.04. The number of fused-ring (bicyclic) bond motifs is 1. The number of halogens is 2. The Kier molecular flexibility index (Phi) is 3.40. The van der Waals surface area contributed by atoms with Gasteiger partial charge in [0.15, 0.2) is 11.5 Å². The summed E-state index contributed by atoms with van der Waals surface area (Å²) < 4.78 is 2.68. The molecule has 0 saturated carbocycles. The number of hydrogen-bond acceptors (Lipinski definition) is 3. The van der Waals surface area contributed by atoms with Crippen molar-refractivity contribution in [2.24, 2.45) is 0 Å². The van der Waals surface area contributed by atoms with Gasteiger partial charge in [0.2, 0.25) is 0 Å². The Bertz CT molecular complexity index is 708. The Morgan fingerprint density at radius 3 is 2.84 bits per heavy atom. The molecule has 4 nitrogen and oxygen atoms in total. The van der Waals surface area contributed by atoms with Crippen LogP contribution in [0.15, 0.2) is 47.5 Å². The van der Waals surface area contributed by atoms with Gasteiger partial charge in [-0.05, 0) is 33.6 Å². The largest absolute Gasteiger partial charge is 0.363 e. The number of rotatable bonds is 3. The first-order valence-corrected chi connectivity index (χ1v) is 6.87. The zero-order chi connectivity index (χ0) is 13.2. The van der Waals surface area contributed by atoms with E-state index in [1.54, 1.807) is 6.20 Å². The number of hydrogen-bond donors (Lipinski definition) is 1. The van der Waals surface area contributed by atoms with E-state index >= 15 is 0 Å². The summed E-state index contributed by atoms with van der Waals surface area (Å²) in [7, 11) is 0. The van der Waals surface area contributed by atoms with E-state index in [0.717, 1.165) is 26.7 Å². The van der Waals surface area contributed by atoms with Crippen molar-refractivity contribution >= 4 is 39.0 Å². The number of aromatic nitrogens is 3. The molecule has 1 N–H and O–H groups in total. The summed E-state index contributed by atoms with van der Waals surface area (Å²) >= 11 is 9.25. The number of imidazole rings is 1. The third-order valence-corrected chi connectivity index (χ3v) is 3.35. The van der Waals surface area contributed by atoms with Crippen molar-refractivity contribution in [2.75, 3.05) is 5.32 Å². The van der Waals surface area contributed by atoms with Crippen molar-refractivity contribution in [3.05, 3.63) is 58.0 Å². The molecule has 0 aliphatic carbocycles. The number of nitrogens with zero attached hydrogens (tertiary/aromatic N) is 3. The Labute approximate surface area is 123 Å². The fourth-order valence-corrected chi connectivity index (χ4v) is 2.33. The second-order valence-electron chi connectivity index (χ2n) is 4.05. The molecule has 2 aromatic heterocycles. The summed E-state index contributed by atoms with van der Waals surface area (Å²) in [6.07, 6.45) is 5.50. The molecule has 0 fully saturated rings. The van der Waals surface area contributed by atoms with Gasteiger partial charge in [-0.1, -0.05) is 23.7 Å². The minimum atomic E-state index is 0.670. The van der Waals surface area contributed by atoms with Gasteiger partial charge >= 0.3 is 0 Å². The lowest BCUT2D eigenvalue weighted by Gasteiger charge is -2.07. The second-order valence-corrected chi connectivity index (χ2v) is 5.30. The summed E-state index contributed by atoms with van der Waals surface area (Å²) in [5, 5.41) is 4.02. The fraction of sp³-hybridized carbons (Fsp3) is 0.0769. The van der Waals surface area contributed by atoms with Gasteiger partial charge in [-0.15, -0.1) is 0 Å². The van der Waals surface area contributed by atoms with E-state index in [0.29, 0.717) is 6.54 Å². The molecule has 0 spiro atoms. The standard InChI is InChI=1S/C13H10BrClN4/c14-11-8-19-6-5-16-13(19)12(18-11)17-7-9-1-3-10(15)4-2-9/h1-6,8H,7H2,(H,17,18). The van der Waals surface area contributed by atoms with Crippen molar-refractivity contribution in [1.82, 2.24) is 14.4 Å². The third kappa shape index (κ3) is 2.72. The predicted octanol–water partition coefficient (Wildman–Crippen LogP) is 3.76. The molecule has 19 heavy (non-hydrogen) atoms. The normalized spacial score (nSPS) is 10.8. The molecule has 0 unspecified atom stereocenters. The van der Waals surface area contributed by atoms with E-state index < -0.39 is 0 Å². The van der Waals surface area contributed by atoms with E-state index in [2.05, 4.69) is 31.2 Å². The van der Waals surface area contributed by atoms with Crippen LogP contribution in [0.3, 0.4) is 0 Å². The second kappa shape index (κ2) is 5.19. The van der Waals surface area contributed by atoms with Crippen LogP contribution < -0.4 is 5.32 Å². The molecule has 3 aromatic rings. The molecule has 0 aliphatic rings. The fourth-order valence-electron chi connectivity index (χ4n) is 1.81. The molecule has 1 aromatic carbocycles. The van der Waals surface area contributed by atoms with Gasteiger partial charge in [-0.2, -0.15) is 0 Å². The average molecular weight is 338 g/mol. The summed E-state index contributed by atoms with van der Waals surface area (Å²) in [6, 6.07) is 7.71. The number of nitrogens with one attached hydrogen (secondary N) is 1. The first kappa shape index (κ1) is 12.4. The highest BCUT2D eigenvalue weighted by Crippen LogP contribution is 2.18. The lowest BCUT2D eigenvalue weighted by molar-refractivity contribution is 1.05. The van der Waals surface area contributed by atoms with E-state index in [4.69, 9.17) is 11.6 Å². The van der Waals surface area contributed by atoms with Crippen LogP contribution in [0.1, 0.15) is 5.56 Å². The van der Waals surface area contributed by atoms with Crippen LogP contribution >= 0.6 is 27.5 Å². The highest BCUT2D eigenvalue weighted by atomic mass is 79.9. The Morgan fingerprint density at radius 1 is 1.26 bits per heavy atom. The zero-order valence-electron chi connectivity index (χ0n) is 9.85. The highest BCUT2D eigenvalue weighted by molar-refractivity contribution is 9.10. The predicted molar refractivity (Wildman–Crippen MR) is 79.5 cm³/mol. The molecule has 96 valence electrons. The third-order valence-electron chi connectivity index (χ3n) is 2.72. The van der Waals surface area contributed by atoms with Gasteiger partial charge in [-0.3, -0.25) is 0 Å². The summed E-state index contributed by atoms with van der Waals surface area (Å²) in [5.74, 6) is 0.745. The van der Waals surface area contributed by atoms with E-state index in [-0.39, 0.29) is 0 Å². The molecule has 0 amide bonds. The topological polar surface area (TPSA) is 42.2 Å². The van der Waals surface area contributed by atoms with Crippen LogP contribution in [0.25, 0.3) is 5.65 Å². The monoisotopic (exact) mass is 336 g/mol. The number of anilines is 1. The van der Waals surface area contributed by atoms with E-state index in [9.17, 15) is 0 Å². The summed E-state index contributed by atoms with van der Waals surface area (Å²) in [6.45, 7) is 0.670. The van der Waals surface area contributed by atoms with Crippen molar-refractivity contribution in [2.45, 2.75) is 6.54 Å². The molecular weight excluding hydrogens is 328 g/mol. The van der Waals surface area contributed by atoms with Crippen molar-refractivity contribution in [3.63, 3.8) is 0 Å². The van der Waals surface area contributed by atoms with Crippen LogP contribution in [0.5, 0.6) is 0 Å². The highest BCUT2D eigenvalue weighted by Gasteiger charge is 2.05. The molecule has 0 bridgehead atoms. The van der Waals surface area contributed by atoms with Crippen LogP contribution in [0, 0.1) is 0 Å². The first-order chi connectivity index (χ1) is 9.22. The number of benzene rings is 1. The van der Waals surface area contributed by atoms with Crippen LogP contribution in [0.4, 0.5) is 5.82 Å². The summed E-state index contributed by atoms with van der Waals surface area (Å²) in [5.41, 5.74) is 1.94. The Morgan fingerprint density at radius 2 is 2.05 bits per heavy atom. The van der Waals surface area contributed by atoms with Crippen molar-refractivity contribution in [1.29, 1.82) is 0 Å². The molecule has 3 rings (SSSR count). The molecule has 0 radical (unpaired) electrons. The molecule has 0 aliphatic heterocycles. The van der Waals surface area contributed by atoms with Gasteiger partial charge in [0.1, 0.15) is 4.60 Å². The smallest absolute Gasteiger partial charge is 0.180 e. The quantitative estimate of drug-likeness (QED) is 0.791. The molecule has 0 saturated heterocycles. The van der Waals surface area contributed by atoms with E-state index in [1.807, 2.05) is 41.1 Å². The minimum absolute atomic E-state index is 0.670. The van der Waals surface area contributed by atoms with Gasteiger partial charge in [0.25, 0.3) is 0 Å². The lowest BCUT2D eigenvalue weighted by atomic mass is 10.2. The molecule has 6 heteroatoms. The molecular formula is C13H10BrClN4. The molecule has 2 heterocycles. The Balaban J connectivity index is 1.85. The van der Waals surface area contributed by atoms with Crippen LogP contribution in [0.2, 0.25) is 5.02 Å². The maximum absolute atomic E-state index is 5.86. The van der Waals surface area contributed by atoms with E-state index in [1.165, 1.54) is 0 Å².